The third-order valence-electron chi connectivity index (χ3n) is 2.95. The lowest BCUT2D eigenvalue weighted by Crippen LogP contribution is -2.42. The Morgan fingerprint density at radius 2 is 1.94 bits per heavy atom. The summed E-state index contributed by atoms with van der Waals surface area (Å²) in [5.41, 5.74) is 6.04. The Morgan fingerprint density at radius 3 is 2.41 bits per heavy atom. The van der Waals surface area contributed by atoms with Crippen molar-refractivity contribution in [2.45, 2.75) is 30.7 Å². The molecule has 0 saturated heterocycles. The summed E-state index contributed by atoms with van der Waals surface area (Å²) in [6.45, 7) is 4.44. The summed E-state index contributed by atoms with van der Waals surface area (Å²) in [5, 5.41) is 3.23. The van der Waals surface area contributed by atoms with E-state index >= 15 is 0 Å². The number of nitrogens with two attached hydrogens (primary N) is 1. The van der Waals surface area contributed by atoms with Crippen molar-refractivity contribution in [1.82, 2.24) is 0 Å². The minimum atomic E-state index is -3.23. The van der Waals surface area contributed by atoms with Crippen LogP contribution in [0.5, 0.6) is 0 Å². The molecule has 0 heterocycles. The fourth-order valence-corrected chi connectivity index (χ4v) is 2.35. The van der Waals surface area contributed by atoms with E-state index in [0.29, 0.717) is 17.1 Å². The van der Waals surface area contributed by atoms with Crippen LogP contribution < -0.4 is 11.1 Å². The second kappa shape index (κ2) is 5.06. The molecule has 0 saturated carbocycles. The smallest absolute Gasteiger partial charge is 0.177 e. The molecule has 1 aromatic carbocycles. The van der Waals surface area contributed by atoms with Crippen molar-refractivity contribution in [3.8, 4) is 0 Å². The molecule has 0 aromatic heterocycles. The first-order chi connectivity index (χ1) is 7.82. The SMILES string of the molecule is CCC(C)(CN)Nc1ccccc1S(C)(=O)=O. The van der Waals surface area contributed by atoms with Crippen LogP contribution in [0.15, 0.2) is 29.2 Å². The number of para-hydroxylation sites is 1. The second-order valence-electron chi connectivity index (χ2n) is 4.51. The van der Waals surface area contributed by atoms with Crippen molar-refractivity contribution in [3.63, 3.8) is 0 Å². The third kappa shape index (κ3) is 3.44. The van der Waals surface area contributed by atoms with Crippen LogP contribution in [0.4, 0.5) is 5.69 Å². The number of nitrogens with one attached hydrogen (secondary N) is 1. The van der Waals surface area contributed by atoms with E-state index in [1.165, 1.54) is 6.26 Å². The van der Waals surface area contributed by atoms with Crippen LogP contribution in [0, 0.1) is 0 Å². The van der Waals surface area contributed by atoms with E-state index in [-0.39, 0.29) is 5.54 Å². The number of anilines is 1. The summed E-state index contributed by atoms with van der Waals surface area (Å²) in [6, 6.07) is 6.89. The first-order valence-electron chi connectivity index (χ1n) is 5.60. The normalized spacial score (nSPS) is 15.3. The van der Waals surface area contributed by atoms with Crippen LogP contribution in [0.1, 0.15) is 20.3 Å². The van der Waals surface area contributed by atoms with Crippen molar-refractivity contribution in [2.75, 3.05) is 18.1 Å². The van der Waals surface area contributed by atoms with Gasteiger partial charge >= 0.3 is 0 Å². The molecule has 3 N–H and O–H groups in total. The fourth-order valence-electron chi connectivity index (χ4n) is 1.50. The molecule has 96 valence electrons. The van der Waals surface area contributed by atoms with Crippen LogP contribution in [0.25, 0.3) is 0 Å². The maximum absolute atomic E-state index is 11.6. The first-order valence-corrected chi connectivity index (χ1v) is 7.49. The van der Waals surface area contributed by atoms with Gasteiger partial charge in [-0.2, -0.15) is 0 Å². The van der Waals surface area contributed by atoms with Crippen LogP contribution in [-0.2, 0) is 9.84 Å². The van der Waals surface area contributed by atoms with Crippen molar-refractivity contribution < 1.29 is 8.42 Å². The van der Waals surface area contributed by atoms with Crippen LogP contribution in [0.2, 0.25) is 0 Å². The molecule has 1 atom stereocenters. The van der Waals surface area contributed by atoms with Gasteiger partial charge in [0.25, 0.3) is 0 Å². The predicted molar refractivity (Wildman–Crippen MR) is 70.9 cm³/mol. The van der Waals surface area contributed by atoms with Crippen molar-refractivity contribution in [2.24, 2.45) is 5.73 Å². The Labute approximate surface area is 103 Å². The van der Waals surface area contributed by atoms with Crippen LogP contribution >= 0.6 is 0 Å². The Balaban J connectivity index is 3.16. The number of hydrogen-bond donors (Lipinski definition) is 2. The molecule has 0 aliphatic carbocycles. The average molecular weight is 256 g/mol. The van der Waals surface area contributed by atoms with E-state index in [1.54, 1.807) is 18.2 Å². The zero-order chi connectivity index (χ0) is 13.1. The average Bonchev–Trinajstić information content (AvgIpc) is 2.28. The van der Waals surface area contributed by atoms with E-state index in [0.717, 1.165) is 6.42 Å². The highest BCUT2D eigenvalue weighted by molar-refractivity contribution is 7.90. The maximum Gasteiger partial charge on any atom is 0.177 e. The van der Waals surface area contributed by atoms with Gasteiger partial charge < -0.3 is 11.1 Å². The van der Waals surface area contributed by atoms with Gasteiger partial charge in [0.05, 0.1) is 10.6 Å². The predicted octanol–water partition coefficient (Wildman–Crippen LogP) is 1.63. The molecular formula is C12H20N2O2S. The number of benzene rings is 1. The minimum Gasteiger partial charge on any atom is -0.378 e. The lowest BCUT2D eigenvalue weighted by Gasteiger charge is -2.30. The molecular weight excluding hydrogens is 236 g/mol. The van der Waals surface area contributed by atoms with Crippen molar-refractivity contribution >= 4 is 15.5 Å². The zero-order valence-electron chi connectivity index (χ0n) is 10.5. The largest absolute Gasteiger partial charge is 0.378 e. The number of hydrogen-bond acceptors (Lipinski definition) is 4. The molecule has 0 radical (unpaired) electrons. The molecule has 0 bridgehead atoms. The van der Waals surface area contributed by atoms with Gasteiger partial charge in [0.2, 0.25) is 0 Å². The molecule has 17 heavy (non-hydrogen) atoms. The lowest BCUT2D eigenvalue weighted by atomic mass is 9.99. The molecule has 1 rings (SSSR count). The quantitative estimate of drug-likeness (QED) is 0.840. The topological polar surface area (TPSA) is 72.2 Å². The standard InChI is InChI=1S/C12H20N2O2S/c1-4-12(2,9-13)14-10-7-5-6-8-11(10)17(3,15)16/h5-8,14H,4,9,13H2,1-3H3. The highest BCUT2D eigenvalue weighted by Gasteiger charge is 2.22. The molecule has 4 nitrogen and oxygen atoms in total. The number of sulfone groups is 1. The van der Waals surface area contributed by atoms with Gasteiger partial charge in [-0.25, -0.2) is 8.42 Å². The van der Waals surface area contributed by atoms with Gasteiger partial charge in [-0.15, -0.1) is 0 Å². The van der Waals surface area contributed by atoms with Crippen LogP contribution in [0.3, 0.4) is 0 Å². The summed E-state index contributed by atoms with van der Waals surface area (Å²) >= 11 is 0. The lowest BCUT2D eigenvalue weighted by molar-refractivity contribution is 0.505. The minimum absolute atomic E-state index is 0.291. The van der Waals surface area contributed by atoms with Crippen molar-refractivity contribution in [1.29, 1.82) is 0 Å². The molecule has 0 aliphatic heterocycles. The van der Waals surface area contributed by atoms with Gasteiger partial charge in [-0.3, -0.25) is 0 Å². The molecule has 1 unspecified atom stereocenters. The Morgan fingerprint density at radius 1 is 1.35 bits per heavy atom. The van der Waals surface area contributed by atoms with Crippen molar-refractivity contribution in [3.05, 3.63) is 24.3 Å². The summed E-state index contributed by atoms with van der Waals surface area (Å²) in [7, 11) is -3.23. The van der Waals surface area contributed by atoms with E-state index < -0.39 is 9.84 Å². The fraction of sp³-hybridized carbons (Fsp3) is 0.500. The first kappa shape index (κ1) is 14.0. The highest BCUT2D eigenvalue weighted by atomic mass is 32.2. The Hall–Kier alpha value is -1.07. The van der Waals surface area contributed by atoms with Gasteiger partial charge in [0, 0.05) is 18.3 Å². The maximum atomic E-state index is 11.6. The van der Waals surface area contributed by atoms with Gasteiger partial charge in [-0.1, -0.05) is 19.1 Å². The molecule has 5 heteroatoms. The summed E-state index contributed by atoms with van der Waals surface area (Å²) in [4.78, 5) is 0.313. The molecule has 1 aromatic rings. The molecule has 0 amide bonds. The van der Waals surface area contributed by atoms with Gasteiger partial charge in [0.15, 0.2) is 9.84 Å². The van der Waals surface area contributed by atoms with E-state index in [2.05, 4.69) is 5.32 Å². The van der Waals surface area contributed by atoms with E-state index in [9.17, 15) is 8.42 Å². The summed E-state index contributed by atoms with van der Waals surface area (Å²) in [5.74, 6) is 0. The molecule has 0 fully saturated rings. The summed E-state index contributed by atoms with van der Waals surface area (Å²) < 4.78 is 23.3. The van der Waals surface area contributed by atoms with E-state index in [1.807, 2.05) is 19.9 Å². The zero-order valence-corrected chi connectivity index (χ0v) is 11.3. The van der Waals surface area contributed by atoms with Gasteiger partial charge in [0.1, 0.15) is 0 Å². The Kier molecular flexibility index (Phi) is 4.16. The summed E-state index contributed by atoms with van der Waals surface area (Å²) in [6.07, 6.45) is 2.03. The van der Waals surface area contributed by atoms with Gasteiger partial charge in [-0.05, 0) is 25.5 Å². The monoisotopic (exact) mass is 256 g/mol. The molecule has 0 spiro atoms. The van der Waals surface area contributed by atoms with E-state index in [4.69, 9.17) is 5.73 Å². The second-order valence-corrected chi connectivity index (χ2v) is 6.50. The third-order valence-corrected chi connectivity index (χ3v) is 4.11. The van der Waals surface area contributed by atoms with Crippen LogP contribution in [-0.4, -0.2) is 26.8 Å². The number of rotatable bonds is 5. The molecule has 0 aliphatic rings. The Bertz CT molecular complexity index is 479. The highest BCUT2D eigenvalue weighted by Crippen LogP contribution is 2.25.